The second-order valence-corrected chi connectivity index (χ2v) is 4.43. The van der Waals surface area contributed by atoms with Crippen molar-refractivity contribution >= 4 is 32.6 Å². The van der Waals surface area contributed by atoms with Crippen LogP contribution in [-0.2, 0) is 11.2 Å². The van der Waals surface area contributed by atoms with Crippen molar-refractivity contribution < 1.29 is 4.79 Å². The fourth-order valence-corrected chi connectivity index (χ4v) is 1.87. The number of aromatic nitrogens is 1. The molecule has 0 spiro atoms. The number of Topliss-reactive ketones (excluding diaryl/α,β-unsaturated/α-hetero) is 1. The number of carbonyl (C=O) groups is 1. The molecule has 1 aromatic carbocycles. The summed E-state index contributed by atoms with van der Waals surface area (Å²) in [6.07, 6.45) is 0.409. The maximum Gasteiger partial charge on any atom is 0.135 e. The first-order chi connectivity index (χ1) is 7.15. The molecule has 0 radical (unpaired) electrons. The fraction of sp³-hybridized carbons (Fsp3) is 0.167. The number of hydrogen-bond donors (Lipinski definition) is 0. The lowest BCUT2D eigenvalue weighted by molar-refractivity contribution is -0.116. The van der Waals surface area contributed by atoms with Gasteiger partial charge < -0.3 is 0 Å². The topological polar surface area (TPSA) is 30.0 Å². The van der Waals surface area contributed by atoms with Gasteiger partial charge in [-0.2, -0.15) is 0 Å². The van der Waals surface area contributed by atoms with Gasteiger partial charge in [0.05, 0.1) is 5.52 Å². The molecule has 0 saturated carbocycles. The highest BCUT2D eigenvalue weighted by molar-refractivity contribution is 9.10. The van der Waals surface area contributed by atoms with Crippen LogP contribution in [0.2, 0.25) is 0 Å². The predicted molar refractivity (Wildman–Crippen MR) is 63.8 cm³/mol. The molecule has 2 aromatic rings. The molecule has 76 valence electrons. The molecule has 0 aliphatic heterocycles. The van der Waals surface area contributed by atoms with Crippen molar-refractivity contribution in [1.82, 2.24) is 4.98 Å². The highest BCUT2D eigenvalue weighted by Crippen LogP contribution is 2.18. The molecule has 0 N–H and O–H groups in total. The summed E-state index contributed by atoms with van der Waals surface area (Å²) in [4.78, 5) is 15.4. The quantitative estimate of drug-likeness (QED) is 0.834. The highest BCUT2D eigenvalue weighted by atomic mass is 79.9. The van der Waals surface area contributed by atoms with Gasteiger partial charge in [0.25, 0.3) is 0 Å². The first kappa shape index (κ1) is 10.3. The van der Waals surface area contributed by atoms with Gasteiger partial charge >= 0.3 is 0 Å². The van der Waals surface area contributed by atoms with Crippen molar-refractivity contribution in [2.45, 2.75) is 13.3 Å². The van der Waals surface area contributed by atoms with E-state index in [0.29, 0.717) is 6.42 Å². The van der Waals surface area contributed by atoms with Crippen LogP contribution in [0.4, 0.5) is 0 Å². The third kappa shape index (κ3) is 2.42. The number of halogens is 1. The minimum absolute atomic E-state index is 0.138. The van der Waals surface area contributed by atoms with Gasteiger partial charge in [-0.05, 0) is 31.2 Å². The Morgan fingerprint density at radius 1 is 1.33 bits per heavy atom. The third-order valence-corrected chi connectivity index (χ3v) is 2.63. The lowest BCUT2D eigenvalue weighted by Crippen LogP contribution is -1.98. The van der Waals surface area contributed by atoms with E-state index in [-0.39, 0.29) is 5.78 Å². The Morgan fingerprint density at radius 2 is 2.13 bits per heavy atom. The van der Waals surface area contributed by atoms with Gasteiger partial charge in [-0.1, -0.05) is 22.0 Å². The van der Waals surface area contributed by atoms with Crippen molar-refractivity contribution in [3.8, 4) is 0 Å². The average molecular weight is 264 g/mol. The molecule has 0 unspecified atom stereocenters. The SMILES string of the molecule is CC(=O)Cc1ccc2cc(Br)ccc2n1. The normalized spacial score (nSPS) is 10.5. The third-order valence-electron chi connectivity index (χ3n) is 2.14. The summed E-state index contributed by atoms with van der Waals surface area (Å²) in [6.45, 7) is 1.58. The van der Waals surface area contributed by atoms with Crippen LogP contribution >= 0.6 is 15.9 Å². The molecule has 1 aromatic heterocycles. The van der Waals surface area contributed by atoms with Gasteiger partial charge in [0.2, 0.25) is 0 Å². The molecular formula is C12H10BrNO. The van der Waals surface area contributed by atoms with Crippen LogP contribution in [0.3, 0.4) is 0 Å². The standard InChI is InChI=1S/C12H10BrNO/c1-8(15)6-11-4-2-9-7-10(13)3-5-12(9)14-11/h2-5,7H,6H2,1H3. The first-order valence-electron chi connectivity index (χ1n) is 4.70. The van der Waals surface area contributed by atoms with Crippen LogP contribution in [0.15, 0.2) is 34.8 Å². The van der Waals surface area contributed by atoms with Crippen LogP contribution in [0.1, 0.15) is 12.6 Å². The molecule has 3 heteroatoms. The zero-order chi connectivity index (χ0) is 10.8. The second kappa shape index (κ2) is 4.11. The predicted octanol–water partition coefficient (Wildman–Crippen LogP) is 3.13. The summed E-state index contributed by atoms with van der Waals surface area (Å²) >= 11 is 3.41. The first-order valence-corrected chi connectivity index (χ1v) is 5.49. The zero-order valence-electron chi connectivity index (χ0n) is 8.33. The van der Waals surface area contributed by atoms with Crippen molar-refractivity contribution in [3.05, 3.63) is 40.5 Å². The summed E-state index contributed by atoms with van der Waals surface area (Å²) in [5, 5.41) is 1.08. The number of hydrogen-bond acceptors (Lipinski definition) is 2. The van der Waals surface area contributed by atoms with Crippen molar-refractivity contribution in [2.75, 3.05) is 0 Å². The van der Waals surface area contributed by atoms with E-state index < -0.39 is 0 Å². The van der Waals surface area contributed by atoms with Gasteiger partial charge in [-0.25, -0.2) is 0 Å². The Kier molecular flexibility index (Phi) is 2.82. The molecule has 15 heavy (non-hydrogen) atoms. The van der Waals surface area contributed by atoms with Crippen LogP contribution < -0.4 is 0 Å². The molecular weight excluding hydrogens is 254 g/mol. The fourth-order valence-electron chi connectivity index (χ4n) is 1.49. The number of carbonyl (C=O) groups excluding carboxylic acids is 1. The number of nitrogens with zero attached hydrogens (tertiary/aromatic N) is 1. The maximum atomic E-state index is 11.0. The molecule has 0 saturated heterocycles. The highest BCUT2D eigenvalue weighted by Gasteiger charge is 2.01. The van der Waals surface area contributed by atoms with E-state index in [4.69, 9.17) is 0 Å². The van der Waals surface area contributed by atoms with Crippen molar-refractivity contribution in [1.29, 1.82) is 0 Å². The van der Waals surface area contributed by atoms with E-state index in [0.717, 1.165) is 21.1 Å². The smallest absolute Gasteiger partial charge is 0.135 e. The van der Waals surface area contributed by atoms with E-state index in [9.17, 15) is 4.79 Å². The number of rotatable bonds is 2. The summed E-state index contributed by atoms with van der Waals surface area (Å²) in [6, 6.07) is 9.80. The lowest BCUT2D eigenvalue weighted by atomic mass is 10.1. The number of benzene rings is 1. The molecule has 0 amide bonds. The Hall–Kier alpha value is -1.22. The summed E-state index contributed by atoms with van der Waals surface area (Å²) < 4.78 is 1.04. The summed E-state index contributed by atoms with van der Waals surface area (Å²) in [7, 11) is 0. The van der Waals surface area contributed by atoms with Gasteiger partial charge in [0, 0.05) is 22.0 Å². The van der Waals surface area contributed by atoms with Crippen molar-refractivity contribution in [3.63, 3.8) is 0 Å². The largest absolute Gasteiger partial charge is 0.300 e. The molecule has 0 fully saturated rings. The molecule has 0 aliphatic rings. The number of ketones is 1. The Bertz CT molecular complexity index is 522. The molecule has 1 heterocycles. The van der Waals surface area contributed by atoms with E-state index in [1.54, 1.807) is 6.92 Å². The van der Waals surface area contributed by atoms with Crippen LogP contribution in [0, 0.1) is 0 Å². The molecule has 0 bridgehead atoms. The summed E-state index contributed by atoms with van der Waals surface area (Å²) in [5.74, 6) is 0.138. The Morgan fingerprint density at radius 3 is 2.87 bits per heavy atom. The van der Waals surface area contributed by atoms with Gasteiger partial charge in [-0.15, -0.1) is 0 Å². The Labute approximate surface area is 96.5 Å². The van der Waals surface area contributed by atoms with Gasteiger partial charge in [-0.3, -0.25) is 9.78 Å². The van der Waals surface area contributed by atoms with E-state index in [1.165, 1.54) is 0 Å². The van der Waals surface area contributed by atoms with Crippen molar-refractivity contribution in [2.24, 2.45) is 0 Å². The van der Waals surface area contributed by atoms with Crippen LogP contribution in [-0.4, -0.2) is 10.8 Å². The van der Waals surface area contributed by atoms with Crippen LogP contribution in [0.5, 0.6) is 0 Å². The molecule has 0 atom stereocenters. The van der Waals surface area contributed by atoms with E-state index >= 15 is 0 Å². The average Bonchev–Trinajstić information content (AvgIpc) is 2.17. The van der Waals surface area contributed by atoms with E-state index in [2.05, 4.69) is 20.9 Å². The van der Waals surface area contributed by atoms with E-state index in [1.807, 2.05) is 30.3 Å². The zero-order valence-corrected chi connectivity index (χ0v) is 9.91. The number of pyridine rings is 1. The minimum Gasteiger partial charge on any atom is -0.300 e. The van der Waals surface area contributed by atoms with Crippen LogP contribution in [0.25, 0.3) is 10.9 Å². The molecule has 2 rings (SSSR count). The molecule has 0 aliphatic carbocycles. The Balaban J connectivity index is 2.47. The molecule has 2 nitrogen and oxygen atoms in total. The number of fused-ring (bicyclic) bond motifs is 1. The van der Waals surface area contributed by atoms with Gasteiger partial charge in [0.15, 0.2) is 0 Å². The second-order valence-electron chi connectivity index (χ2n) is 3.52. The maximum absolute atomic E-state index is 11.0. The summed E-state index contributed by atoms with van der Waals surface area (Å²) in [5.41, 5.74) is 1.76. The lowest BCUT2D eigenvalue weighted by Gasteiger charge is -2.01. The minimum atomic E-state index is 0.138. The monoisotopic (exact) mass is 263 g/mol. The van der Waals surface area contributed by atoms with Gasteiger partial charge in [0.1, 0.15) is 5.78 Å².